The van der Waals surface area contributed by atoms with Gasteiger partial charge in [0.15, 0.2) is 17.5 Å². The fourth-order valence-electron chi connectivity index (χ4n) is 8.45. The molecular weight excluding hydrogens is 693 g/mol. The zero-order valence-electron chi connectivity index (χ0n) is 30.9. The summed E-state index contributed by atoms with van der Waals surface area (Å²) in [6.07, 6.45) is 0. The molecule has 11 aromatic rings. The maximum Gasteiger partial charge on any atom is 0.164 e. The Labute approximate surface area is 330 Å². The van der Waals surface area contributed by atoms with Gasteiger partial charge in [0.1, 0.15) is 0 Å². The summed E-state index contributed by atoms with van der Waals surface area (Å²) in [6, 6.07) is 72.9. The molecule has 0 saturated carbocycles. The Morgan fingerprint density at radius 3 is 1.21 bits per heavy atom. The second-order valence-electron chi connectivity index (χ2n) is 14.4. The van der Waals surface area contributed by atoms with Crippen LogP contribution in [0.5, 0.6) is 0 Å². The molecule has 11 rings (SSSR count). The van der Waals surface area contributed by atoms with Crippen molar-refractivity contribution in [3.05, 3.63) is 206 Å². The Morgan fingerprint density at radius 1 is 0.263 bits per heavy atom. The molecule has 0 saturated heterocycles. The Bertz CT molecular complexity index is 3150. The van der Waals surface area contributed by atoms with Gasteiger partial charge in [-0.05, 0) is 74.1 Å². The molecule has 0 amide bonds. The minimum atomic E-state index is 0.631. The van der Waals surface area contributed by atoms with Crippen LogP contribution in [-0.4, -0.2) is 19.5 Å². The van der Waals surface area contributed by atoms with Crippen molar-refractivity contribution in [1.29, 1.82) is 0 Å². The summed E-state index contributed by atoms with van der Waals surface area (Å²) in [4.78, 5) is 15.2. The Kier molecular flexibility index (Phi) is 7.78. The molecular formula is C53H34N4. The molecule has 0 aliphatic carbocycles. The van der Waals surface area contributed by atoms with Gasteiger partial charge in [0.2, 0.25) is 0 Å². The first-order chi connectivity index (χ1) is 28.3. The molecule has 9 aromatic carbocycles. The summed E-state index contributed by atoms with van der Waals surface area (Å²) >= 11 is 0. The van der Waals surface area contributed by atoms with E-state index >= 15 is 0 Å². The van der Waals surface area contributed by atoms with Crippen molar-refractivity contribution >= 4 is 43.4 Å². The van der Waals surface area contributed by atoms with Crippen molar-refractivity contribution in [3.8, 4) is 62.1 Å². The highest BCUT2D eigenvalue weighted by Gasteiger charge is 2.20. The summed E-state index contributed by atoms with van der Waals surface area (Å²) in [7, 11) is 0. The van der Waals surface area contributed by atoms with Crippen LogP contribution in [0, 0.1) is 0 Å². The fourth-order valence-corrected chi connectivity index (χ4v) is 8.45. The highest BCUT2D eigenvalue weighted by molar-refractivity contribution is 6.22. The number of aromatic nitrogens is 4. The van der Waals surface area contributed by atoms with E-state index in [9.17, 15) is 0 Å². The maximum atomic E-state index is 5.12. The molecule has 0 unspecified atom stereocenters. The first-order valence-corrected chi connectivity index (χ1v) is 19.3. The highest BCUT2D eigenvalue weighted by atomic mass is 15.0. The molecule has 0 spiro atoms. The topological polar surface area (TPSA) is 43.6 Å². The summed E-state index contributed by atoms with van der Waals surface area (Å²) in [5.74, 6) is 1.92. The van der Waals surface area contributed by atoms with E-state index in [-0.39, 0.29) is 0 Å². The lowest BCUT2D eigenvalue weighted by Crippen LogP contribution is -2.00. The molecule has 4 nitrogen and oxygen atoms in total. The number of hydrogen-bond acceptors (Lipinski definition) is 3. The molecule has 57 heavy (non-hydrogen) atoms. The van der Waals surface area contributed by atoms with E-state index in [2.05, 4.69) is 150 Å². The highest BCUT2D eigenvalue weighted by Crippen LogP contribution is 2.46. The smallest absolute Gasteiger partial charge is 0.164 e. The van der Waals surface area contributed by atoms with Crippen molar-refractivity contribution in [2.24, 2.45) is 0 Å². The van der Waals surface area contributed by atoms with Crippen LogP contribution in [0.25, 0.3) is 105 Å². The SMILES string of the molecule is c1ccc(-c2nc(-c3ccccc3)nc(-c3ccc4c(c3)c(-c3ccc(-n5c6ccccc6c6ccccc65)cc3)c(-c3ccccc3)c3ccccc34)n2)cc1. The summed E-state index contributed by atoms with van der Waals surface area (Å²) in [6.45, 7) is 0. The van der Waals surface area contributed by atoms with Gasteiger partial charge in [0.25, 0.3) is 0 Å². The number of rotatable bonds is 6. The minimum Gasteiger partial charge on any atom is -0.309 e. The standard InChI is InChI=1S/C53H34N4/c1-4-16-35(17-5-1)49-45-25-11-10-22-41(45)42-33-30-39(53-55-51(37-18-6-2-7-19-37)54-52(56-53)38-20-8-3-9-21-38)34-46(42)50(49)36-28-31-40(32-29-36)57-47-26-14-12-23-43(47)44-24-13-15-27-48(44)57/h1-34H. The van der Waals surface area contributed by atoms with Crippen LogP contribution in [0.4, 0.5) is 0 Å². The van der Waals surface area contributed by atoms with Crippen LogP contribution in [0.1, 0.15) is 0 Å². The van der Waals surface area contributed by atoms with E-state index in [1.807, 2.05) is 60.7 Å². The molecule has 0 bridgehead atoms. The number of para-hydroxylation sites is 2. The average Bonchev–Trinajstić information content (AvgIpc) is 3.63. The first kappa shape index (κ1) is 32.7. The second kappa shape index (κ2) is 13.6. The molecule has 0 aliphatic rings. The van der Waals surface area contributed by atoms with Crippen molar-refractivity contribution in [2.75, 3.05) is 0 Å². The molecule has 2 heterocycles. The normalized spacial score (nSPS) is 11.5. The fraction of sp³-hybridized carbons (Fsp3) is 0. The van der Waals surface area contributed by atoms with Crippen molar-refractivity contribution in [2.45, 2.75) is 0 Å². The lowest BCUT2D eigenvalue weighted by molar-refractivity contribution is 1.07. The lowest BCUT2D eigenvalue weighted by atomic mass is 9.84. The molecule has 0 radical (unpaired) electrons. The van der Waals surface area contributed by atoms with Crippen LogP contribution in [0.2, 0.25) is 0 Å². The second-order valence-corrected chi connectivity index (χ2v) is 14.4. The molecule has 0 fully saturated rings. The molecule has 0 N–H and O–H groups in total. The third-order valence-corrected chi connectivity index (χ3v) is 11.0. The van der Waals surface area contributed by atoms with E-state index in [1.54, 1.807) is 0 Å². The minimum absolute atomic E-state index is 0.631. The predicted molar refractivity (Wildman–Crippen MR) is 236 cm³/mol. The number of hydrogen-bond donors (Lipinski definition) is 0. The number of nitrogens with zero attached hydrogens (tertiary/aromatic N) is 4. The Morgan fingerprint density at radius 2 is 0.649 bits per heavy atom. The number of fused-ring (bicyclic) bond motifs is 6. The molecule has 0 atom stereocenters. The van der Waals surface area contributed by atoms with Crippen LogP contribution < -0.4 is 0 Å². The van der Waals surface area contributed by atoms with E-state index in [1.165, 1.54) is 54.7 Å². The quantitative estimate of drug-likeness (QED) is 0.160. The summed E-state index contributed by atoms with van der Waals surface area (Å²) in [5, 5.41) is 7.23. The van der Waals surface area contributed by atoms with E-state index in [0.29, 0.717) is 17.5 Å². The predicted octanol–water partition coefficient (Wildman–Crippen LogP) is 13.6. The van der Waals surface area contributed by atoms with Gasteiger partial charge in [-0.25, -0.2) is 15.0 Å². The lowest BCUT2D eigenvalue weighted by Gasteiger charge is -2.20. The Hall–Kier alpha value is -7.69. The zero-order chi connectivity index (χ0) is 37.7. The monoisotopic (exact) mass is 726 g/mol. The van der Waals surface area contributed by atoms with Gasteiger partial charge >= 0.3 is 0 Å². The van der Waals surface area contributed by atoms with Gasteiger partial charge in [-0.1, -0.05) is 176 Å². The van der Waals surface area contributed by atoms with Gasteiger partial charge in [-0.3, -0.25) is 0 Å². The number of benzene rings is 9. The average molecular weight is 727 g/mol. The van der Waals surface area contributed by atoms with Crippen LogP contribution >= 0.6 is 0 Å². The Balaban J connectivity index is 1.17. The van der Waals surface area contributed by atoms with E-state index < -0.39 is 0 Å². The van der Waals surface area contributed by atoms with Crippen molar-refractivity contribution in [1.82, 2.24) is 19.5 Å². The van der Waals surface area contributed by atoms with Crippen LogP contribution in [0.3, 0.4) is 0 Å². The first-order valence-electron chi connectivity index (χ1n) is 19.3. The molecule has 2 aromatic heterocycles. The third-order valence-electron chi connectivity index (χ3n) is 11.0. The maximum absolute atomic E-state index is 5.12. The van der Waals surface area contributed by atoms with Crippen molar-refractivity contribution in [3.63, 3.8) is 0 Å². The zero-order valence-corrected chi connectivity index (χ0v) is 30.9. The van der Waals surface area contributed by atoms with Gasteiger partial charge in [0, 0.05) is 33.2 Å². The van der Waals surface area contributed by atoms with Crippen LogP contribution in [-0.2, 0) is 0 Å². The van der Waals surface area contributed by atoms with E-state index in [4.69, 9.17) is 15.0 Å². The third kappa shape index (κ3) is 5.58. The molecule has 266 valence electrons. The van der Waals surface area contributed by atoms with Gasteiger partial charge in [-0.2, -0.15) is 0 Å². The molecule has 4 heteroatoms. The van der Waals surface area contributed by atoms with Crippen molar-refractivity contribution < 1.29 is 0 Å². The molecule has 0 aliphatic heterocycles. The van der Waals surface area contributed by atoms with Gasteiger partial charge < -0.3 is 4.57 Å². The summed E-state index contributed by atoms with van der Waals surface area (Å²) < 4.78 is 2.37. The summed E-state index contributed by atoms with van der Waals surface area (Å²) in [5.41, 5.74) is 11.0. The van der Waals surface area contributed by atoms with E-state index in [0.717, 1.165) is 33.3 Å². The van der Waals surface area contributed by atoms with Crippen LogP contribution in [0.15, 0.2) is 206 Å². The largest absolute Gasteiger partial charge is 0.309 e. The van der Waals surface area contributed by atoms with Gasteiger partial charge in [0.05, 0.1) is 11.0 Å². The van der Waals surface area contributed by atoms with Gasteiger partial charge in [-0.15, -0.1) is 0 Å².